The number of benzene rings is 2. The number of nitrogens with zero attached hydrogens (tertiary/aromatic N) is 4. The van der Waals surface area contributed by atoms with Crippen LogP contribution in [0.5, 0.6) is 0 Å². The molecule has 38 heavy (non-hydrogen) atoms. The number of carbonyl (C=O) groups excluding carboxylic acids is 1. The summed E-state index contributed by atoms with van der Waals surface area (Å²) in [4.78, 5) is 26.1. The van der Waals surface area contributed by atoms with E-state index in [1.165, 1.54) is 4.31 Å². The lowest BCUT2D eigenvalue weighted by atomic mass is 9.80. The zero-order valence-electron chi connectivity index (χ0n) is 20.1. The standard InChI is InChI=1S/C27H24ClN5O4S/c28-20-3-1-18-10-22(4-2-17(18)9-20)38(36,37)33-14-21-11-24(34)25(23(15-33)32-21)26(35)27-30-12-19(13-31-27)16-5-7-29-8-6-16/h1-10,12-13,21,23-25,32,34H,11,14-15H2. The lowest BCUT2D eigenvalue weighted by Crippen LogP contribution is -2.67. The topological polar surface area (TPSA) is 125 Å². The van der Waals surface area contributed by atoms with Crippen LogP contribution in [0.4, 0.5) is 0 Å². The smallest absolute Gasteiger partial charge is 0.243 e. The fourth-order valence-corrected chi connectivity index (χ4v) is 7.10. The Hall–Kier alpha value is -3.28. The molecule has 194 valence electrons. The molecule has 9 nitrogen and oxygen atoms in total. The molecular formula is C27H24ClN5O4S. The Bertz CT molecular complexity index is 1620. The van der Waals surface area contributed by atoms with Crippen LogP contribution in [0.1, 0.15) is 17.0 Å². The summed E-state index contributed by atoms with van der Waals surface area (Å²) < 4.78 is 28.6. The van der Waals surface area contributed by atoms with Crippen LogP contribution in [0.3, 0.4) is 0 Å². The predicted molar refractivity (Wildman–Crippen MR) is 142 cm³/mol. The second-order valence-corrected chi connectivity index (χ2v) is 12.0. The van der Waals surface area contributed by atoms with E-state index in [4.69, 9.17) is 11.6 Å². The van der Waals surface area contributed by atoms with E-state index in [1.807, 2.05) is 12.1 Å². The van der Waals surface area contributed by atoms with Crippen molar-refractivity contribution in [2.45, 2.75) is 29.5 Å². The zero-order valence-corrected chi connectivity index (χ0v) is 21.7. The number of rotatable bonds is 5. The average molecular weight is 550 g/mol. The van der Waals surface area contributed by atoms with Gasteiger partial charge >= 0.3 is 0 Å². The van der Waals surface area contributed by atoms with Gasteiger partial charge in [-0.05, 0) is 59.2 Å². The molecule has 0 saturated carbocycles. The number of hydrogen-bond donors (Lipinski definition) is 2. The molecular weight excluding hydrogens is 526 g/mol. The molecule has 0 spiro atoms. The highest BCUT2D eigenvalue weighted by Gasteiger charge is 2.47. The first kappa shape index (κ1) is 25.0. The summed E-state index contributed by atoms with van der Waals surface area (Å²) in [6.07, 6.45) is 5.75. The number of carbonyl (C=O) groups is 1. The molecule has 2 aliphatic rings. The Kier molecular flexibility index (Phi) is 6.45. The number of Topliss-reactive ketones (excluding diaryl/α,β-unsaturated/α-hetero) is 1. The number of aromatic nitrogens is 3. The van der Waals surface area contributed by atoms with Crippen LogP contribution < -0.4 is 5.32 Å². The Morgan fingerprint density at radius 3 is 2.45 bits per heavy atom. The normalized spacial score (nSPS) is 23.8. The first-order valence-electron chi connectivity index (χ1n) is 12.2. The summed E-state index contributed by atoms with van der Waals surface area (Å²) in [6, 6.07) is 13.0. The summed E-state index contributed by atoms with van der Waals surface area (Å²) in [6.45, 7) is 0.243. The number of piperazine rings is 1. The van der Waals surface area contributed by atoms with Gasteiger partial charge in [0.15, 0.2) is 5.82 Å². The van der Waals surface area contributed by atoms with E-state index in [0.717, 1.165) is 21.9 Å². The number of fused-ring (bicyclic) bond motifs is 3. The van der Waals surface area contributed by atoms with Crippen molar-refractivity contribution in [1.29, 1.82) is 0 Å². The van der Waals surface area contributed by atoms with Gasteiger partial charge in [0, 0.05) is 60.5 Å². The van der Waals surface area contributed by atoms with Gasteiger partial charge in [0.25, 0.3) is 0 Å². The lowest BCUT2D eigenvalue weighted by Gasteiger charge is -2.47. The molecule has 2 fully saturated rings. The van der Waals surface area contributed by atoms with Crippen molar-refractivity contribution in [3.05, 3.63) is 84.2 Å². The molecule has 0 aliphatic carbocycles. The Labute approximate surface area is 224 Å². The summed E-state index contributed by atoms with van der Waals surface area (Å²) in [5.41, 5.74) is 1.60. The quantitative estimate of drug-likeness (QED) is 0.364. The van der Waals surface area contributed by atoms with Crippen molar-refractivity contribution in [2.75, 3.05) is 13.1 Å². The van der Waals surface area contributed by atoms with E-state index in [0.29, 0.717) is 5.02 Å². The van der Waals surface area contributed by atoms with Gasteiger partial charge in [-0.3, -0.25) is 9.78 Å². The van der Waals surface area contributed by atoms with E-state index in [2.05, 4.69) is 20.3 Å². The van der Waals surface area contributed by atoms with E-state index in [-0.39, 0.29) is 36.3 Å². The van der Waals surface area contributed by atoms with E-state index in [9.17, 15) is 18.3 Å². The van der Waals surface area contributed by atoms with Crippen LogP contribution in [0.2, 0.25) is 5.02 Å². The minimum atomic E-state index is -3.84. The summed E-state index contributed by atoms with van der Waals surface area (Å²) >= 11 is 6.06. The Balaban J connectivity index is 1.25. The van der Waals surface area contributed by atoms with Gasteiger partial charge in [-0.1, -0.05) is 23.7 Å². The van der Waals surface area contributed by atoms with Crippen molar-refractivity contribution in [1.82, 2.24) is 24.6 Å². The van der Waals surface area contributed by atoms with Crippen molar-refractivity contribution >= 4 is 38.2 Å². The van der Waals surface area contributed by atoms with Crippen molar-refractivity contribution in [3.8, 4) is 11.1 Å². The van der Waals surface area contributed by atoms with Crippen LogP contribution in [0.15, 0.2) is 78.2 Å². The van der Waals surface area contributed by atoms with E-state index in [1.54, 1.807) is 61.2 Å². The summed E-state index contributed by atoms with van der Waals surface area (Å²) in [7, 11) is -3.84. The van der Waals surface area contributed by atoms with Gasteiger partial charge in [-0.25, -0.2) is 18.4 Å². The first-order chi connectivity index (χ1) is 18.3. The van der Waals surface area contributed by atoms with E-state index < -0.39 is 33.9 Å². The van der Waals surface area contributed by atoms with Crippen LogP contribution in [0.25, 0.3) is 21.9 Å². The van der Waals surface area contributed by atoms with Crippen LogP contribution in [-0.2, 0) is 10.0 Å². The maximum atomic E-state index is 13.6. The second-order valence-electron chi connectivity index (χ2n) is 9.67. The number of pyridine rings is 1. The summed E-state index contributed by atoms with van der Waals surface area (Å²) in [5.74, 6) is -1.31. The van der Waals surface area contributed by atoms with Crippen molar-refractivity contribution < 1.29 is 18.3 Å². The average Bonchev–Trinajstić information content (AvgIpc) is 2.92. The van der Waals surface area contributed by atoms with Gasteiger partial charge in [0.1, 0.15) is 0 Å². The molecule has 0 amide bonds. The number of aliphatic hydroxyl groups excluding tert-OH is 1. The molecule has 2 N–H and O–H groups in total. The monoisotopic (exact) mass is 549 g/mol. The lowest BCUT2D eigenvalue weighted by molar-refractivity contribution is 0.00955. The van der Waals surface area contributed by atoms with Crippen LogP contribution in [0, 0.1) is 5.92 Å². The van der Waals surface area contributed by atoms with Gasteiger partial charge in [-0.2, -0.15) is 4.31 Å². The SMILES string of the molecule is O=C(c1ncc(-c2ccncc2)cn1)C1C(O)CC2CN(S(=O)(=O)c3ccc4cc(Cl)ccc4c3)CC1N2. The van der Waals surface area contributed by atoms with Gasteiger partial charge in [0.2, 0.25) is 15.8 Å². The maximum Gasteiger partial charge on any atom is 0.243 e. The fraction of sp³-hybridized carbons (Fsp3) is 0.259. The van der Waals surface area contributed by atoms with Crippen molar-refractivity contribution in [3.63, 3.8) is 0 Å². The highest BCUT2D eigenvalue weighted by Crippen LogP contribution is 2.32. The number of ketones is 1. The number of hydrogen-bond acceptors (Lipinski definition) is 8. The highest BCUT2D eigenvalue weighted by atomic mass is 35.5. The predicted octanol–water partition coefficient (Wildman–Crippen LogP) is 2.94. The molecule has 4 unspecified atom stereocenters. The third kappa shape index (κ3) is 4.59. The number of sulfonamides is 1. The van der Waals surface area contributed by atoms with Gasteiger partial charge < -0.3 is 10.4 Å². The molecule has 4 atom stereocenters. The molecule has 2 aromatic heterocycles. The number of halogens is 1. The molecule has 4 heterocycles. The Morgan fingerprint density at radius 2 is 1.68 bits per heavy atom. The van der Waals surface area contributed by atoms with Crippen molar-refractivity contribution in [2.24, 2.45) is 5.92 Å². The Morgan fingerprint density at radius 1 is 0.974 bits per heavy atom. The van der Waals surface area contributed by atoms with Gasteiger partial charge in [0.05, 0.1) is 16.9 Å². The highest BCUT2D eigenvalue weighted by molar-refractivity contribution is 7.89. The maximum absolute atomic E-state index is 13.6. The minimum Gasteiger partial charge on any atom is -0.392 e. The number of aliphatic hydroxyl groups is 1. The molecule has 6 rings (SSSR count). The van der Waals surface area contributed by atoms with Crippen LogP contribution >= 0.6 is 11.6 Å². The molecule has 11 heteroatoms. The molecule has 4 aromatic rings. The molecule has 2 bridgehead atoms. The molecule has 0 radical (unpaired) electrons. The molecule has 2 saturated heterocycles. The number of piperidine rings is 1. The second kappa shape index (κ2) is 9.79. The van der Waals surface area contributed by atoms with Crippen LogP contribution in [-0.4, -0.2) is 69.8 Å². The first-order valence-corrected chi connectivity index (χ1v) is 14.0. The molecule has 2 aliphatic heterocycles. The fourth-order valence-electron chi connectivity index (χ4n) is 5.37. The minimum absolute atomic E-state index is 0.0136. The summed E-state index contributed by atoms with van der Waals surface area (Å²) in [5, 5.41) is 16.4. The number of nitrogens with one attached hydrogen (secondary N) is 1. The van der Waals surface area contributed by atoms with E-state index >= 15 is 0 Å². The largest absolute Gasteiger partial charge is 0.392 e. The molecule has 2 aromatic carbocycles. The third-order valence-corrected chi connectivity index (χ3v) is 9.31. The van der Waals surface area contributed by atoms with Gasteiger partial charge in [-0.15, -0.1) is 0 Å². The third-order valence-electron chi connectivity index (χ3n) is 7.25. The zero-order chi connectivity index (χ0) is 26.4.